The van der Waals surface area contributed by atoms with Crippen LogP contribution in [0.5, 0.6) is 0 Å². The van der Waals surface area contributed by atoms with Crippen LogP contribution in [0.4, 0.5) is 5.69 Å². The highest BCUT2D eigenvalue weighted by atomic mass is 35.5. The Balaban J connectivity index is 1.72. The van der Waals surface area contributed by atoms with Crippen LogP contribution < -0.4 is 5.32 Å². The second kappa shape index (κ2) is 7.17. The Morgan fingerprint density at radius 1 is 1.26 bits per heavy atom. The molecule has 2 aliphatic heterocycles. The van der Waals surface area contributed by atoms with Crippen LogP contribution in [0.25, 0.3) is 0 Å². The summed E-state index contributed by atoms with van der Waals surface area (Å²) < 4.78 is 5.77. The monoisotopic (exact) mass is 384 g/mol. The molecule has 0 aromatic heterocycles. The Hall–Kier alpha value is -2.04. The van der Waals surface area contributed by atoms with Gasteiger partial charge in [0.05, 0.1) is 12.1 Å². The number of benzene rings is 2. The van der Waals surface area contributed by atoms with Gasteiger partial charge in [-0.2, -0.15) is 0 Å². The molecule has 4 rings (SSSR count). The average Bonchev–Trinajstić information content (AvgIpc) is 3.08. The Morgan fingerprint density at radius 3 is 2.89 bits per heavy atom. The van der Waals surface area contributed by atoms with Crippen LogP contribution in [0.1, 0.15) is 39.9 Å². The van der Waals surface area contributed by atoms with E-state index >= 15 is 0 Å². The lowest BCUT2D eigenvalue weighted by Gasteiger charge is -2.32. The molecule has 5 heteroatoms. The summed E-state index contributed by atoms with van der Waals surface area (Å²) in [5.41, 5.74) is 4.78. The number of aryl methyl sites for hydroxylation is 1. The Labute approximate surface area is 165 Å². The molecule has 1 N–H and O–H groups in total. The third-order valence-electron chi connectivity index (χ3n) is 5.82. The standard InChI is InChI=1S/C22H25ClN2O2/c1-15-19(6-3-7-20(15)23)22(10-12-27-14-22)24-17-9-8-16-5-4-11-25(2)21(26)18(16)13-17/h3,6-9,13,24H,4-5,10-12,14H2,1-2H3. The number of rotatable bonds is 3. The summed E-state index contributed by atoms with van der Waals surface area (Å²) in [4.78, 5) is 14.5. The number of amides is 1. The lowest BCUT2D eigenvalue weighted by atomic mass is 9.85. The first-order valence-corrected chi connectivity index (χ1v) is 9.88. The van der Waals surface area contributed by atoms with Gasteiger partial charge >= 0.3 is 0 Å². The fraction of sp³-hybridized carbons (Fsp3) is 0.409. The highest BCUT2D eigenvalue weighted by molar-refractivity contribution is 6.31. The van der Waals surface area contributed by atoms with Gasteiger partial charge in [-0.3, -0.25) is 4.79 Å². The first-order chi connectivity index (χ1) is 13.0. The zero-order chi connectivity index (χ0) is 19.0. The molecule has 27 heavy (non-hydrogen) atoms. The van der Waals surface area contributed by atoms with Gasteiger partial charge in [-0.1, -0.05) is 29.8 Å². The van der Waals surface area contributed by atoms with Crippen LogP contribution in [0, 0.1) is 6.92 Å². The van der Waals surface area contributed by atoms with Gasteiger partial charge in [0, 0.05) is 42.9 Å². The van der Waals surface area contributed by atoms with Crippen LogP contribution >= 0.6 is 11.6 Å². The quantitative estimate of drug-likeness (QED) is 0.853. The number of hydrogen-bond acceptors (Lipinski definition) is 3. The van der Waals surface area contributed by atoms with Gasteiger partial charge in [-0.25, -0.2) is 0 Å². The molecule has 2 aromatic carbocycles. The zero-order valence-corrected chi connectivity index (χ0v) is 16.6. The minimum absolute atomic E-state index is 0.0989. The highest BCUT2D eigenvalue weighted by Crippen LogP contribution is 2.38. The molecule has 1 amide bonds. The van der Waals surface area contributed by atoms with Gasteiger partial charge in [-0.15, -0.1) is 0 Å². The Morgan fingerprint density at radius 2 is 2.11 bits per heavy atom. The minimum atomic E-state index is -0.330. The second-order valence-electron chi connectivity index (χ2n) is 7.62. The fourth-order valence-electron chi connectivity index (χ4n) is 4.23. The van der Waals surface area contributed by atoms with Gasteiger partial charge in [-0.05, 0) is 54.7 Å². The third kappa shape index (κ3) is 3.32. The number of fused-ring (bicyclic) bond motifs is 1. The number of hydrogen-bond donors (Lipinski definition) is 1. The molecule has 0 aliphatic carbocycles. The van der Waals surface area contributed by atoms with Crippen molar-refractivity contribution in [3.63, 3.8) is 0 Å². The number of nitrogens with zero attached hydrogens (tertiary/aromatic N) is 1. The van der Waals surface area contributed by atoms with Crippen LogP contribution in [0.3, 0.4) is 0 Å². The molecule has 2 aromatic rings. The van der Waals surface area contributed by atoms with Crippen molar-refractivity contribution >= 4 is 23.2 Å². The molecule has 142 valence electrons. The van der Waals surface area contributed by atoms with Gasteiger partial charge in [0.25, 0.3) is 5.91 Å². The van der Waals surface area contributed by atoms with E-state index in [0.29, 0.717) is 13.2 Å². The Bertz CT molecular complexity index is 875. The molecule has 0 saturated carbocycles. The van der Waals surface area contributed by atoms with Gasteiger partial charge in [0.1, 0.15) is 0 Å². The normalized spacial score (nSPS) is 22.5. The molecule has 1 atom stereocenters. The Kier molecular flexibility index (Phi) is 4.87. The SMILES string of the molecule is Cc1c(Cl)cccc1C1(Nc2ccc3c(c2)C(=O)N(C)CCC3)CCOC1. The molecular formula is C22H25ClN2O2. The first-order valence-electron chi connectivity index (χ1n) is 9.50. The summed E-state index contributed by atoms with van der Waals surface area (Å²) in [6.45, 7) is 4.13. The maximum atomic E-state index is 12.7. The molecule has 1 unspecified atom stereocenters. The highest BCUT2D eigenvalue weighted by Gasteiger charge is 2.38. The van der Waals surface area contributed by atoms with E-state index in [1.54, 1.807) is 0 Å². The third-order valence-corrected chi connectivity index (χ3v) is 6.22. The van der Waals surface area contributed by atoms with Crippen LogP contribution in [-0.4, -0.2) is 37.6 Å². The predicted octanol–water partition coefficient (Wildman–Crippen LogP) is 4.39. The van der Waals surface area contributed by atoms with E-state index in [0.717, 1.165) is 58.8 Å². The molecule has 1 fully saturated rings. The van der Waals surface area contributed by atoms with Crippen molar-refractivity contribution in [3.05, 3.63) is 63.7 Å². The van der Waals surface area contributed by atoms with Crippen molar-refractivity contribution in [3.8, 4) is 0 Å². The largest absolute Gasteiger partial charge is 0.379 e. The summed E-state index contributed by atoms with van der Waals surface area (Å²) in [7, 11) is 1.87. The summed E-state index contributed by atoms with van der Waals surface area (Å²) in [6.07, 6.45) is 2.80. The number of ether oxygens (including phenoxy) is 1. The maximum Gasteiger partial charge on any atom is 0.253 e. The van der Waals surface area contributed by atoms with E-state index in [2.05, 4.69) is 30.4 Å². The second-order valence-corrected chi connectivity index (χ2v) is 8.03. The van der Waals surface area contributed by atoms with E-state index in [-0.39, 0.29) is 11.4 Å². The molecule has 0 radical (unpaired) electrons. The fourth-order valence-corrected chi connectivity index (χ4v) is 4.41. The van der Waals surface area contributed by atoms with E-state index in [1.807, 2.05) is 30.1 Å². The zero-order valence-electron chi connectivity index (χ0n) is 15.8. The maximum absolute atomic E-state index is 12.7. The average molecular weight is 385 g/mol. The van der Waals surface area contributed by atoms with E-state index < -0.39 is 0 Å². The first kappa shape index (κ1) is 18.3. The van der Waals surface area contributed by atoms with Gasteiger partial charge < -0.3 is 15.0 Å². The molecule has 4 nitrogen and oxygen atoms in total. The number of carbonyl (C=O) groups is 1. The lowest BCUT2D eigenvalue weighted by molar-refractivity contribution is 0.0800. The molecule has 1 saturated heterocycles. The van der Waals surface area contributed by atoms with E-state index in [9.17, 15) is 4.79 Å². The molecule has 0 spiro atoms. The number of anilines is 1. The molecule has 2 heterocycles. The summed E-state index contributed by atoms with van der Waals surface area (Å²) in [5.74, 6) is 0.0989. The number of carbonyl (C=O) groups excluding carboxylic acids is 1. The molecule has 0 bridgehead atoms. The summed E-state index contributed by atoms with van der Waals surface area (Å²) >= 11 is 6.39. The van der Waals surface area contributed by atoms with Crippen molar-refractivity contribution < 1.29 is 9.53 Å². The minimum Gasteiger partial charge on any atom is -0.379 e. The smallest absolute Gasteiger partial charge is 0.253 e. The number of halogens is 1. The van der Waals surface area contributed by atoms with Crippen molar-refractivity contribution in [1.29, 1.82) is 0 Å². The summed E-state index contributed by atoms with van der Waals surface area (Å²) in [6, 6.07) is 12.2. The van der Waals surface area contributed by atoms with Crippen LogP contribution in [0.2, 0.25) is 5.02 Å². The summed E-state index contributed by atoms with van der Waals surface area (Å²) in [5, 5.41) is 4.45. The van der Waals surface area contributed by atoms with Crippen molar-refractivity contribution in [2.75, 3.05) is 32.1 Å². The van der Waals surface area contributed by atoms with Crippen molar-refractivity contribution in [1.82, 2.24) is 4.90 Å². The molecule has 2 aliphatic rings. The lowest BCUT2D eigenvalue weighted by Crippen LogP contribution is -2.37. The number of nitrogens with one attached hydrogen (secondary N) is 1. The van der Waals surface area contributed by atoms with Gasteiger partial charge in [0.2, 0.25) is 0 Å². The van der Waals surface area contributed by atoms with E-state index in [4.69, 9.17) is 16.3 Å². The van der Waals surface area contributed by atoms with Crippen LogP contribution in [-0.2, 0) is 16.7 Å². The van der Waals surface area contributed by atoms with Crippen molar-refractivity contribution in [2.24, 2.45) is 0 Å². The van der Waals surface area contributed by atoms with Crippen LogP contribution in [0.15, 0.2) is 36.4 Å². The predicted molar refractivity (Wildman–Crippen MR) is 109 cm³/mol. The topological polar surface area (TPSA) is 41.6 Å². The van der Waals surface area contributed by atoms with E-state index in [1.165, 1.54) is 0 Å². The molecular weight excluding hydrogens is 360 g/mol. The van der Waals surface area contributed by atoms with Gasteiger partial charge in [0.15, 0.2) is 0 Å². The van der Waals surface area contributed by atoms with Crippen molar-refractivity contribution in [2.45, 2.75) is 31.7 Å².